The van der Waals surface area contributed by atoms with Crippen molar-refractivity contribution in [3.63, 3.8) is 0 Å². The first kappa shape index (κ1) is 14.4. The second kappa shape index (κ2) is 7.53. The van der Waals surface area contributed by atoms with E-state index < -0.39 is 0 Å². The number of methoxy groups -OCH3 is 1. The Bertz CT molecular complexity index is 499. The normalized spacial score (nSPS) is 10.6. The lowest BCUT2D eigenvalue weighted by Crippen LogP contribution is -2.01. The molecule has 2 rings (SSSR count). The van der Waals surface area contributed by atoms with Crippen LogP contribution in [0.25, 0.3) is 0 Å². The summed E-state index contributed by atoms with van der Waals surface area (Å²) < 4.78 is 10.8. The quantitative estimate of drug-likeness (QED) is 0.795. The number of hydrogen-bond donors (Lipinski definition) is 1. The third-order valence-corrected chi connectivity index (χ3v) is 4.26. The van der Waals surface area contributed by atoms with Crippen LogP contribution in [0.4, 0.5) is 0 Å². The minimum atomic E-state index is 0.548. The lowest BCUT2D eigenvalue weighted by atomic mass is 10.3. The van der Waals surface area contributed by atoms with Gasteiger partial charge in [0.25, 0.3) is 0 Å². The molecule has 0 amide bonds. The molecular weight excluding hydrogens is 278 g/mol. The molecule has 0 radical (unpaired) electrons. The molecule has 3 nitrogen and oxygen atoms in total. The molecule has 19 heavy (non-hydrogen) atoms. The standard InChI is InChI=1S/C14H17NO2S2/c1-16-9-12-13(10-18)19-14(15-12)7-8-17-11-5-3-2-4-6-11/h2-6,18H,7-10H2,1H3. The zero-order valence-electron chi connectivity index (χ0n) is 10.8. The molecule has 0 atom stereocenters. The van der Waals surface area contributed by atoms with Crippen LogP contribution >= 0.6 is 24.0 Å². The molecule has 0 saturated heterocycles. The maximum atomic E-state index is 5.67. The summed E-state index contributed by atoms with van der Waals surface area (Å²) in [5.41, 5.74) is 0.997. The van der Waals surface area contributed by atoms with Crippen molar-refractivity contribution in [2.75, 3.05) is 13.7 Å². The van der Waals surface area contributed by atoms with Gasteiger partial charge in [-0.1, -0.05) is 18.2 Å². The van der Waals surface area contributed by atoms with Crippen LogP contribution in [0.3, 0.4) is 0 Å². The lowest BCUT2D eigenvalue weighted by molar-refractivity contribution is 0.181. The lowest BCUT2D eigenvalue weighted by Gasteiger charge is -2.03. The van der Waals surface area contributed by atoms with Gasteiger partial charge in [-0.2, -0.15) is 12.6 Å². The van der Waals surface area contributed by atoms with Crippen molar-refractivity contribution in [3.05, 3.63) is 45.9 Å². The van der Waals surface area contributed by atoms with Gasteiger partial charge in [0.05, 0.1) is 23.9 Å². The molecule has 1 aromatic heterocycles. The molecule has 2 aromatic rings. The van der Waals surface area contributed by atoms with E-state index in [1.165, 1.54) is 4.88 Å². The van der Waals surface area contributed by atoms with Gasteiger partial charge in [0, 0.05) is 24.2 Å². The average molecular weight is 295 g/mol. The molecule has 0 aliphatic rings. The molecule has 0 bridgehead atoms. The Balaban J connectivity index is 1.89. The summed E-state index contributed by atoms with van der Waals surface area (Å²) in [5, 5.41) is 1.08. The number of para-hydroxylation sites is 1. The van der Waals surface area contributed by atoms with Crippen LogP contribution in [-0.2, 0) is 23.5 Å². The predicted molar refractivity (Wildman–Crippen MR) is 81.2 cm³/mol. The third-order valence-electron chi connectivity index (χ3n) is 2.58. The van der Waals surface area contributed by atoms with E-state index >= 15 is 0 Å². The highest BCUT2D eigenvalue weighted by molar-refractivity contribution is 7.79. The number of benzene rings is 1. The Labute approximate surface area is 123 Å². The van der Waals surface area contributed by atoms with Gasteiger partial charge in [0.15, 0.2) is 0 Å². The van der Waals surface area contributed by atoms with Crippen LogP contribution in [0.1, 0.15) is 15.6 Å². The number of thiol groups is 1. The summed E-state index contributed by atoms with van der Waals surface area (Å²) in [6, 6.07) is 9.82. The van der Waals surface area contributed by atoms with Crippen LogP contribution in [-0.4, -0.2) is 18.7 Å². The van der Waals surface area contributed by atoms with Gasteiger partial charge in [-0.3, -0.25) is 0 Å². The Morgan fingerprint density at radius 1 is 1.26 bits per heavy atom. The van der Waals surface area contributed by atoms with Crippen LogP contribution in [0.2, 0.25) is 0 Å². The van der Waals surface area contributed by atoms with Crippen molar-refractivity contribution >= 4 is 24.0 Å². The Kier molecular flexibility index (Phi) is 5.69. The summed E-state index contributed by atoms with van der Waals surface area (Å²) in [5.74, 6) is 1.60. The van der Waals surface area contributed by atoms with E-state index in [0.717, 1.165) is 22.9 Å². The van der Waals surface area contributed by atoms with Gasteiger partial charge in [0.1, 0.15) is 5.75 Å². The van der Waals surface area contributed by atoms with Gasteiger partial charge < -0.3 is 9.47 Å². The number of thiazole rings is 1. The summed E-state index contributed by atoms with van der Waals surface area (Å²) in [7, 11) is 1.68. The van der Waals surface area contributed by atoms with E-state index in [4.69, 9.17) is 9.47 Å². The number of nitrogens with zero attached hydrogens (tertiary/aromatic N) is 1. The minimum Gasteiger partial charge on any atom is -0.493 e. The highest BCUT2D eigenvalue weighted by Crippen LogP contribution is 2.22. The van der Waals surface area contributed by atoms with Crippen molar-refractivity contribution in [2.24, 2.45) is 0 Å². The van der Waals surface area contributed by atoms with Crippen molar-refractivity contribution in [1.29, 1.82) is 0 Å². The highest BCUT2D eigenvalue weighted by atomic mass is 32.1. The highest BCUT2D eigenvalue weighted by Gasteiger charge is 2.09. The molecule has 0 saturated carbocycles. The topological polar surface area (TPSA) is 31.4 Å². The van der Waals surface area contributed by atoms with E-state index in [-0.39, 0.29) is 0 Å². The largest absolute Gasteiger partial charge is 0.493 e. The van der Waals surface area contributed by atoms with Crippen molar-refractivity contribution in [3.8, 4) is 5.75 Å². The third kappa shape index (κ3) is 4.23. The van der Waals surface area contributed by atoms with Crippen LogP contribution in [0, 0.1) is 0 Å². The van der Waals surface area contributed by atoms with Crippen molar-refractivity contribution in [2.45, 2.75) is 18.8 Å². The maximum Gasteiger partial charge on any atom is 0.119 e. The second-order valence-corrected chi connectivity index (χ2v) is 5.46. The molecular formula is C14H17NO2S2. The molecule has 0 fully saturated rings. The van der Waals surface area contributed by atoms with Crippen LogP contribution in [0.15, 0.2) is 30.3 Å². The summed E-state index contributed by atoms with van der Waals surface area (Å²) in [6.45, 7) is 1.18. The van der Waals surface area contributed by atoms with Crippen LogP contribution in [0.5, 0.6) is 5.75 Å². The van der Waals surface area contributed by atoms with E-state index in [2.05, 4.69) is 17.6 Å². The molecule has 0 aliphatic heterocycles. The van der Waals surface area contributed by atoms with Gasteiger partial charge in [-0.15, -0.1) is 11.3 Å². The zero-order valence-corrected chi connectivity index (χ0v) is 12.5. The number of hydrogen-bond acceptors (Lipinski definition) is 5. The molecule has 1 heterocycles. The van der Waals surface area contributed by atoms with Crippen LogP contribution < -0.4 is 4.74 Å². The molecule has 5 heteroatoms. The van der Waals surface area contributed by atoms with E-state index in [1.807, 2.05) is 30.3 Å². The van der Waals surface area contributed by atoms with Crippen molar-refractivity contribution in [1.82, 2.24) is 4.98 Å². The molecule has 102 valence electrons. The summed E-state index contributed by atoms with van der Waals surface area (Å²) >= 11 is 6.00. The molecule has 0 unspecified atom stereocenters. The van der Waals surface area contributed by atoms with E-state index in [9.17, 15) is 0 Å². The summed E-state index contributed by atoms with van der Waals surface area (Å²) in [6.07, 6.45) is 0.810. The fraction of sp³-hybridized carbons (Fsp3) is 0.357. The van der Waals surface area contributed by atoms with Gasteiger partial charge in [-0.05, 0) is 12.1 Å². The maximum absolute atomic E-state index is 5.67. The molecule has 1 aromatic carbocycles. The average Bonchev–Trinajstić information content (AvgIpc) is 2.83. The predicted octanol–water partition coefficient (Wildman–Crippen LogP) is 3.34. The first-order chi connectivity index (χ1) is 9.33. The minimum absolute atomic E-state index is 0.548. The SMILES string of the molecule is COCc1nc(CCOc2ccccc2)sc1CS. The molecule has 0 spiro atoms. The Morgan fingerprint density at radius 2 is 2.05 bits per heavy atom. The molecule has 0 N–H and O–H groups in total. The van der Waals surface area contributed by atoms with E-state index in [1.54, 1.807) is 18.4 Å². The van der Waals surface area contributed by atoms with Crippen molar-refractivity contribution < 1.29 is 9.47 Å². The fourth-order valence-electron chi connectivity index (χ4n) is 1.69. The van der Waals surface area contributed by atoms with E-state index in [0.29, 0.717) is 19.0 Å². The monoisotopic (exact) mass is 295 g/mol. The second-order valence-electron chi connectivity index (χ2n) is 3.98. The van der Waals surface area contributed by atoms with Gasteiger partial charge in [-0.25, -0.2) is 4.98 Å². The summed E-state index contributed by atoms with van der Waals surface area (Å²) in [4.78, 5) is 5.75. The van der Waals surface area contributed by atoms with Gasteiger partial charge >= 0.3 is 0 Å². The first-order valence-corrected chi connectivity index (χ1v) is 7.53. The number of aromatic nitrogens is 1. The number of ether oxygens (including phenoxy) is 2. The van der Waals surface area contributed by atoms with Gasteiger partial charge in [0.2, 0.25) is 0 Å². The zero-order chi connectivity index (χ0) is 13.5. The Morgan fingerprint density at radius 3 is 2.74 bits per heavy atom. The number of rotatable bonds is 7. The fourth-order valence-corrected chi connectivity index (χ4v) is 2.98. The Hall–Kier alpha value is -1.04. The smallest absolute Gasteiger partial charge is 0.119 e. The first-order valence-electron chi connectivity index (χ1n) is 6.08. The molecule has 0 aliphatic carbocycles.